The maximum Gasteiger partial charge on any atom is 0.0635 e. The summed E-state index contributed by atoms with van der Waals surface area (Å²) >= 11 is 5.97. The topological polar surface area (TPSA) is 12.9 Å². The van der Waals surface area contributed by atoms with Gasteiger partial charge < -0.3 is 0 Å². The molecule has 1 nitrogen and oxygen atoms in total. The van der Waals surface area contributed by atoms with Gasteiger partial charge in [-0.05, 0) is 55.3 Å². The molecule has 0 aliphatic rings. The maximum atomic E-state index is 5.97. The Kier molecular flexibility index (Phi) is 3.60. The monoisotopic (exact) mass is 243 g/mol. The van der Waals surface area contributed by atoms with Crippen molar-refractivity contribution in [1.29, 1.82) is 0 Å². The summed E-state index contributed by atoms with van der Waals surface area (Å²) < 4.78 is 0. The van der Waals surface area contributed by atoms with E-state index in [0.29, 0.717) is 0 Å². The van der Waals surface area contributed by atoms with Gasteiger partial charge in [0.25, 0.3) is 0 Å². The highest BCUT2D eigenvalue weighted by Crippen LogP contribution is 2.20. The number of rotatable bonds is 2. The first kappa shape index (κ1) is 11.9. The average Bonchev–Trinajstić information content (AvgIpc) is 2.29. The van der Waals surface area contributed by atoms with Gasteiger partial charge in [-0.2, -0.15) is 0 Å². The summed E-state index contributed by atoms with van der Waals surface area (Å²) in [6, 6.07) is 13.9. The number of nitrogens with zero attached hydrogens (tertiary/aromatic N) is 1. The minimum Gasteiger partial charge on any atom is -0.254 e. The third-order valence-corrected chi connectivity index (χ3v) is 2.79. The number of aromatic nitrogens is 1. The van der Waals surface area contributed by atoms with Crippen molar-refractivity contribution >= 4 is 23.3 Å². The molecule has 0 aliphatic heterocycles. The molecule has 0 fully saturated rings. The van der Waals surface area contributed by atoms with Gasteiger partial charge in [0.15, 0.2) is 0 Å². The van der Waals surface area contributed by atoms with E-state index in [-0.39, 0.29) is 0 Å². The lowest BCUT2D eigenvalue weighted by Crippen LogP contribution is -1.85. The first-order valence-electron chi connectivity index (χ1n) is 5.53. The van der Waals surface area contributed by atoms with E-state index < -0.39 is 0 Å². The van der Waals surface area contributed by atoms with Crippen molar-refractivity contribution in [2.75, 3.05) is 0 Å². The Morgan fingerprint density at radius 1 is 1.18 bits per heavy atom. The van der Waals surface area contributed by atoms with E-state index in [1.807, 2.05) is 49.4 Å². The van der Waals surface area contributed by atoms with Gasteiger partial charge in [0, 0.05) is 10.7 Å². The van der Waals surface area contributed by atoms with Gasteiger partial charge in [0.1, 0.15) is 0 Å². The Bertz CT molecular complexity index is 558. The first-order chi connectivity index (χ1) is 8.15. The minimum atomic E-state index is 0.757. The molecule has 86 valence electrons. The molecule has 0 radical (unpaired) electrons. The fraction of sp³-hybridized carbons (Fsp3) is 0.133. The number of halogens is 1. The van der Waals surface area contributed by atoms with Crippen molar-refractivity contribution in [3.8, 4) is 0 Å². The maximum absolute atomic E-state index is 5.97. The van der Waals surface area contributed by atoms with E-state index in [1.54, 1.807) is 0 Å². The number of pyridine rings is 1. The molecule has 1 aromatic carbocycles. The molecule has 0 atom stereocenters. The molecule has 0 unspecified atom stereocenters. The first-order valence-corrected chi connectivity index (χ1v) is 5.91. The largest absolute Gasteiger partial charge is 0.254 e. The zero-order chi connectivity index (χ0) is 12.3. The van der Waals surface area contributed by atoms with Crippen LogP contribution >= 0.6 is 11.6 Å². The van der Waals surface area contributed by atoms with Crippen molar-refractivity contribution < 1.29 is 0 Å². The Morgan fingerprint density at radius 3 is 2.65 bits per heavy atom. The molecular formula is C15H14ClN. The fourth-order valence-electron chi connectivity index (χ4n) is 1.68. The number of benzene rings is 1. The van der Waals surface area contributed by atoms with Crippen LogP contribution in [-0.4, -0.2) is 4.98 Å². The van der Waals surface area contributed by atoms with Crippen LogP contribution in [-0.2, 0) is 0 Å². The van der Waals surface area contributed by atoms with Crippen LogP contribution in [0.2, 0.25) is 5.02 Å². The normalized spacial score (nSPS) is 11.6. The summed E-state index contributed by atoms with van der Waals surface area (Å²) in [5.74, 6) is 0. The molecule has 0 aliphatic carbocycles. The molecule has 0 spiro atoms. The standard InChI is InChI=1S/C15H14ClN/c1-11(13-6-4-7-14(16)10-13)9-15-8-3-5-12(2)17-15/h3-10H,1-2H3/b11-9+. The molecule has 2 aromatic rings. The van der Waals surface area contributed by atoms with E-state index in [0.717, 1.165) is 27.5 Å². The van der Waals surface area contributed by atoms with Crippen molar-refractivity contribution in [2.45, 2.75) is 13.8 Å². The van der Waals surface area contributed by atoms with Crippen LogP contribution in [0.3, 0.4) is 0 Å². The molecule has 17 heavy (non-hydrogen) atoms. The predicted molar refractivity (Wildman–Crippen MR) is 74.0 cm³/mol. The summed E-state index contributed by atoms with van der Waals surface area (Å²) in [5, 5.41) is 0.757. The molecule has 1 heterocycles. The average molecular weight is 244 g/mol. The zero-order valence-electron chi connectivity index (χ0n) is 9.94. The number of hydrogen-bond donors (Lipinski definition) is 0. The highest BCUT2D eigenvalue weighted by atomic mass is 35.5. The zero-order valence-corrected chi connectivity index (χ0v) is 10.7. The molecule has 1 aromatic heterocycles. The Balaban J connectivity index is 2.34. The van der Waals surface area contributed by atoms with Crippen LogP contribution < -0.4 is 0 Å². The van der Waals surface area contributed by atoms with Crippen molar-refractivity contribution in [3.05, 3.63) is 64.4 Å². The summed E-state index contributed by atoms with van der Waals surface area (Å²) in [6.45, 7) is 4.06. The van der Waals surface area contributed by atoms with Gasteiger partial charge >= 0.3 is 0 Å². The van der Waals surface area contributed by atoms with Gasteiger partial charge in [0.05, 0.1) is 5.69 Å². The molecule has 0 bridgehead atoms. The quantitative estimate of drug-likeness (QED) is 0.751. The summed E-state index contributed by atoms with van der Waals surface area (Å²) in [7, 11) is 0. The van der Waals surface area contributed by atoms with Crippen LogP contribution in [0.5, 0.6) is 0 Å². The van der Waals surface area contributed by atoms with Gasteiger partial charge in [-0.3, -0.25) is 4.98 Å². The molecular weight excluding hydrogens is 230 g/mol. The lowest BCUT2D eigenvalue weighted by atomic mass is 10.1. The smallest absolute Gasteiger partial charge is 0.0635 e. The van der Waals surface area contributed by atoms with E-state index in [9.17, 15) is 0 Å². The fourth-order valence-corrected chi connectivity index (χ4v) is 1.87. The van der Waals surface area contributed by atoms with E-state index in [2.05, 4.69) is 18.0 Å². The minimum absolute atomic E-state index is 0.757. The molecule has 2 rings (SSSR count). The molecule has 0 saturated heterocycles. The van der Waals surface area contributed by atoms with Crippen molar-refractivity contribution in [1.82, 2.24) is 4.98 Å². The molecule has 0 amide bonds. The van der Waals surface area contributed by atoms with Crippen LogP contribution in [0.1, 0.15) is 23.9 Å². The predicted octanol–water partition coefficient (Wildman–Crippen LogP) is 4.60. The van der Waals surface area contributed by atoms with E-state index in [1.165, 1.54) is 0 Å². The number of hydrogen-bond acceptors (Lipinski definition) is 1. The molecule has 0 saturated carbocycles. The van der Waals surface area contributed by atoms with E-state index in [4.69, 9.17) is 11.6 Å². The summed E-state index contributed by atoms with van der Waals surface area (Å²) in [4.78, 5) is 4.45. The second-order valence-corrected chi connectivity index (χ2v) is 4.48. The summed E-state index contributed by atoms with van der Waals surface area (Å²) in [5.41, 5.74) is 4.28. The summed E-state index contributed by atoms with van der Waals surface area (Å²) in [6.07, 6.45) is 2.07. The highest BCUT2D eigenvalue weighted by Gasteiger charge is 1.98. The van der Waals surface area contributed by atoms with Crippen LogP contribution in [0.4, 0.5) is 0 Å². The van der Waals surface area contributed by atoms with Crippen LogP contribution in [0, 0.1) is 6.92 Å². The Morgan fingerprint density at radius 2 is 1.94 bits per heavy atom. The lowest BCUT2D eigenvalue weighted by Gasteiger charge is -2.02. The van der Waals surface area contributed by atoms with Crippen LogP contribution in [0.25, 0.3) is 11.6 Å². The van der Waals surface area contributed by atoms with E-state index >= 15 is 0 Å². The second-order valence-electron chi connectivity index (χ2n) is 4.04. The van der Waals surface area contributed by atoms with Gasteiger partial charge in [-0.15, -0.1) is 0 Å². The number of aryl methyl sites for hydroxylation is 1. The lowest BCUT2D eigenvalue weighted by molar-refractivity contribution is 1.18. The molecule has 0 N–H and O–H groups in total. The number of allylic oxidation sites excluding steroid dienone is 1. The third-order valence-electron chi connectivity index (χ3n) is 2.55. The SMILES string of the molecule is C/C(=C\c1cccc(C)n1)c1cccc(Cl)c1. The Hall–Kier alpha value is -1.60. The highest BCUT2D eigenvalue weighted by molar-refractivity contribution is 6.30. The van der Waals surface area contributed by atoms with Crippen molar-refractivity contribution in [2.24, 2.45) is 0 Å². The van der Waals surface area contributed by atoms with Crippen LogP contribution in [0.15, 0.2) is 42.5 Å². The van der Waals surface area contributed by atoms with Gasteiger partial charge in [0.2, 0.25) is 0 Å². The third kappa shape index (κ3) is 3.18. The van der Waals surface area contributed by atoms with Gasteiger partial charge in [-0.25, -0.2) is 0 Å². The van der Waals surface area contributed by atoms with Gasteiger partial charge in [-0.1, -0.05) is 29.8 Å². The molecule has 2 heteroatoms. The van der Waals surface area contributed by atoms with Crippen molar-refractivity contribution in [3.63, 3.8) is 0 Å². The Labute approximate surface area is 107 Å². The second kappa shape index (κ2) is 5.15.